The summed E-state index contributed by atoms with van der Waals surface area (Å²) >= 11 is 12.2. The molecule has 136 valence electrons. The second kappa shape index (κ2) is 7.93. The SMILES string of the molecule is CC(=O)N1CCN(C(=O)c2cc(Nc3cc(Cl)ccc3Cl)ccn2)CC1. The van der Waals surface area contributed by atoms with Crippen LogP contribution in [-0.4, -0.2) is 52.8 Å². The van der Waals surface area contributed by atoms with Crippen LogP contribution >= 0.6 is 23.2 Å². The van der Waals surface area contributed by atoms with Crippen LogP contribution in [-0.2, 0) is 4.79 Å². The Kier molecular flexibility index (Phi) is 5.64. The Morgan fingerprint density at radius 2 is 1.73 bits per heavy atom. The first kappa shape index (κ1) is 18.5. The Bertz CT molecular complexity index is 836. The zero-order valence-electron chi connectivity index (χ0n) is 14.2. The Labute approximate surface area is 161 Å². The van der Waals surface area contributed by atoms with Gasteiger partial charge in [0.15, 0.2) is 0 Å². The number of aromatic nitrogens is 1. The normalized spacial score (nSPS) is 14.3. The van der Waals surface area contributed by atoms with Gasteiger partial charge in [-0.15, -0.1) is 0 Å². The van der Waals surface area contributed by atoms with Crippen LogP contribution in [0.5, 0.6) is 0 Å². The third-order valence-electron chi connectivity index (χ3n) is 4.20. The van der Waals surface area contributed by atoms with Crippen LogP contribution in [0.1, 0.15) is 17.4 Å². The van der Waals surface area contributed by atoms with E-state index in [-0.39, 0.29) is 11.8 Å². The van der Waals surface area contributed by atoms with E-state index in [0.29, 0.717) is 53.3 Å². The molecule has 6 nitrogen and oxygen atoms in total. The van der Waals surface area contributed by atoms with Gasteiger partial charge in [0.25, 0.3) is 5.91 Å². The van der Waals surface area contributed by atoms with Crippen LogP contribution in [0.2, 0.25) is 10.0 Å². The van der Waals surface area contributed by atoms with Crippen molar-refractivity contribution < 1.29 is 9.59 Å². The van der Waals surface area contributed by atoms with Crippen molar-refractivity contribution in [2.75, 3.05) is 31.5 Å². The molecule has 0 unspecified atom stereocenters. The minimum absolute atomic E-state index is 0.0276. The van der Waals surface area contributed by atoms with Gasteiger partial charge in [-0.3, -0.25) is 14.6 Å². The van der Waals surface area contributed by atoms with E-state index in [9.17, 15) is 9.59 Å². The summed E-state index contributed by atoms with van der Waals surface area (Å²) in [5.41, 5.74) is 1.68. The highest BCUT2D eigenvalue weighted by Crippen LogP contribution is 2.28. The molecule has 1 aromatic carbocycles. The van der Waals surface area contributed by atoms with Gasteiger partial charge < -0.3 is 15.1 Å². The van der Waals surface area contributed by atoms with Crippen LogP contribution in [0.3, 0.4) is 0 Å². The number of anilines is 2. The van der Waals surface area contributed by atoms with Crippen LogP contribution in [0, 0.1) is 0 Å². The van der Waals surface area contributed by atoms with Crippen molar-refractivity contribution in [1.82, 2.24) is 14.8 Å². The van der Waals surface area contributed by atoms with Gasteiger partial charge in [-0.2, -0.15) is 0 Å². The Balaban J connectivity index is 1.72. The van der Waals surface area contributed by atoms with Gasteiger partial charge >= 0.3 is 0 Å². The van der Waals surface area contributed by atoms with Crippen molar-refractivity contribution >= 4 is 46.4 Å². The lowest BCUT2D eigenvalue weighted by molar-refractivity contribution is -0.130. The lowest BCUT2D eigenvalue weighted by Crippen LogP contribution is -2.50. The van der Waals surface area contributed by atoms with Crippen molar-refractivity contribution in [1.29, 1.82) is 0 Å². The zero-order chi connectivity index (χ0) is 18.7. The second-order valence-electron chi connectivity index (χ2n) is 5.98. The topological polar surface area (TPSA) is 65.5 Å². The van der Waals surface area contributed by atoms with E-state index in [2.05, 4.69) is 10.3 Å². The summed E-state index contributed by atoms with van der Waals surface area (Å²) in [4.78, 5) is 31.7. The number of hydrogen-bond acceptors (Lipinski definition) is 4. The Morgan fingerprint density at radius 3 is 2.42 bits per heavy atom. The highest BCUT2D eigenvalue weighted by atomic mass is 35.5. The number of piperazine rings is 1. The van der Waals surface area contributed by atoms with Gasteiger partial charge in [0.1, 0.15) is 5.69 Å². The first-order chi connectivity index (χ1) is 12.4. The number of carbonyl (C=O) groups is 2. The molecule has 26 heavy (non-hydrogen) atoms. The summed E-state index contributed by atoms with van der Waals surface area (Å²) in [6.45, 7) is 3.61. The Hall–Kier alpha value is -2.31. The molecule has 0 radical (unpaired) electrons. The molecule has 2 amide bonds. The summed E-state index contributed by atoms with van der Waals surface area (Å²) < 4.78 is 0. The minimum atomic E-state index is -0.158. The van der Waals surface area contributed by atoms with E-state index in [0.717, 1.165) is 0 Å². The summed E-state index contributed by atoms with van der Waals surface area (Å²) in [5, 5.41) is 4.24. The minimum Gasteiger partial charge on any atom is -0.354 e. The van der Waals surface area contributed by atoms with Crippen molar-refractivity contribution in [3.63, 3.8) is 0 Å². The molecular formula is C18H18Cl2N4O2. The number of pyridine rings is 1. The van der Waals surface area contributed by atoms with Crippen LogP contribution in [0.15, 0.2) is 36.5 Å². The predicted molar refractivity (Wildman–Crippen MR) is 102 cm³/mol. The number of carbonyl (C=O) groups excluding carboxylic acids is 2. The molecule has 3 rings (SSSR count). The molecular weight excluding hydrogens is 375 g/mol. The average Bonchev–Trinajstić information content (AvgIpc) is 2.64. The van der Waals surface area contributed by atoms with Gasteiger partial charge in [0.05, 0.1) is 10.7 Å². The zero-order valence-corrected chi connectivity index (χ0v) is 15.7. The first-order valence-electron chi connectivity index (χ1n) is 8.17. The summed E-state index contributed by atoms with van der Waals surface area (Å²) in [6, 6.07) is 8.55. The maximum atomic E-state index is 12.7. The van der Waals surface area contributed by atoms with Gasteiger partial charge in [-0.1, -0.05) is 23.2 Å². The maximum absolute atomic E-state index is 12.7. The van der Waals surface area contributed by atoms with E-state index in [4.69, 9.17) is 23.2 Å². The van der Waals surface area contributed by atoms with Crippen LogP contribution in [0.25, 0.3) is 0 Å². The Morgan fingerprint density at radius 1 is 1.04 bits per heavy atom. The van der Waals surface area contributed by atoms with Crippen molar-refractivity contribution in [2.24, 2.45) is 0 Å². The monoisotopic (exact) mass is 392 g/mol. The van der Waals surface area contributed by atoms with E-state index in [1.807, 2.05) is 0 Å². The molecule has 1 saturated heterocycles. The number of nitrogens with one attached hydrogen (secondary N) is 1. The van der Waals surface area contributed by atoms with Gasteiger partial charge in [0, 0.05) is 50.0 Å². The molecule has 0 atom stereocenters. The average molecular weight is 393 g/mol. The van der Waals surface area contributed by atoms with Crippen molar-refractivity contribution in [3.05, 3.63) is 52.3 Å². The van der Waals surface area contributed by atoms with E-state index in [1.54, 1.807) is 46.3 Å². The fraction of sp³-hybridized carbons (Fsp3) is 0.278. The quantitative estimate of drug-likeness (QED) is 0.868. The molecule has 0 bridgehead atoms. The van der Waals surface area contributed by atoms with Crippen molar-refractivity contribution in [2.45, 2.75) is 6.92 Å². The fourth-order valence-electron chi connectivity index (χ4n) is 2.76. The predicted octanol–water partition coefficient (Wildman–Crippen LogP) is 3.44. The highest BCUT2D eigenvalue weighted by molar-refractivity contribution is 6.35. The summed E-state index contributed by atoms with van der Waals surface area (Å²) in [7, 11) is 0. The van der Waals surface area contributed by atoms with Gasteiger partial charge in [-0.05, 0) is 30.3 Å². The van der Waals surface area contributed by atoms with E-state index >= 15 is 0 Å². The molecule has 0 spiro atoms. The number of amides is 2. The number of halogens is 2. The third kappa shape index (κ3) is 4.26. The van der Waals surface area contributed by atoms with E-state index < -0.39 is 0 Å². The van der Waals surface area contributed by atoms with Crippen molar-refractivity contribution in [3.8, 4) is 0 Å². The largest absolute Gasteiger partial charge is 0.354 e. The number of benzene rings is 1. The number of nitrogens with zero attached hydrogens (tertiary/aromatic N) is 3. The lowest BCUT2D eigenvalue weighted by Gasteiger charge is -2.34. The molecule has 2 heterocycles. The maximum Gasteiger partial charge on any atom is 0.272 e. The first-order valence-corrected chi connectivity index (χ1v) is 8.92. The standard InChI is InChI=1S/C18H18Cl2N4O2/c1-12(25)23-6-8-24(9-7-23)18(26)17-11-14(4-5-21-17)22-16-10-13(19)2-3-15(16)20/h2-5,10-11H,6-9H2,1H3,(H,21,22). The van der Waals surface area contributed by atoms with Gasteiger partial charge in [-0.25, -0.2) is 0 Å². The molecule has 1 aliphatic rings. The summed E-state index contributed by atoms with van der Waals surface area (Å²) in [5.74, 6) is -0.131. The molecule has 1 fully saturated rings. The third-order valence-corrected chi connectivity index (χ3v) is 4.76. The number of hydrogen-bond donors (Lipinski definition) is 1. The molecule has 2 aromatic rings. The lowest BCUT2D eigenvalue weighted by atomic mass is 10.2. The second-order valence-corrected chi connectivity index (χ2v) is 6.82. The molecule has 8 heteroatoms. The molecule has 0 aliphatic carbocycles. The van der Waals surface area contributed by atoms with Gasteiger partial charge in [0.2, 0.25) is 5.91 Å². The van der Waals surface area contributed by atoms with Crippen LogP contribution < -0.4 is 5.32 Å². The molecule has 1 aliphatic heterocycles. The fourth-order valence-corrected chi connectivity index (χ4v) is 3.10. The molecule has 1 N–H and O–H groups in total. The van der Waals surface area contributed by atoms with E-state index in [1.165, 1.54) is 6.92 Å². The van der Waals surface area contributed by atoms with Crippen LogP contribution in [0.4, 0.5) is 11.4 Å². The smallest absolute Gasteiger partial charge is 0.272 e. The highest BCUT2D eigenvalue weighted by Gasteiger charge is 2.24. The number of rotatable bonds is 3. The molecule has 1 aromatic heterocycles. The summed E-state index contributed by atoms with van der Waals surface area (Å²) in [6.07, 6.45) is 1.57. The molecule has 0 saturated carbocycles.